The first-order valence-electron chi connectivity index (χ1n) is 7.49. The number of pyridine rings is 1. The van der Waals surface area contributed by atoms with E-state index in [4.69, 9.17) is 15.2 Å². The Morgan fingerprint density at radius 3 is 2.95 bits per heavy atom. The molecule has 3 N–H and O–H groups in total. The molecule has 1 aromatic heterocycles. The topological polar surface area (TPSA) is 86.5 Å². The highest BCUT2D eigenvalue weighted by Crippen LogP contribution is 2.22. The third-order valence-corrected chi connectivity index (χ3v) is 3.54. The number of hydrogen-bond donors (Lipinski definition) is 2. The molecule has 6 nitrogen and oxygen atoms in total. The number of aromatic nitrogens is 1. The lowest BCUT2D eigenvalue weighted by Crippen LogP contribution is -2.17. The number of carbonyl (C=O) groups excluding carboxylic acids is 1. The van der Waals surface area contributed by atoms with Crippen molar-refractivity contribution in [3.05, 3.63) is 17.8 Å². The number of nitrogens with zero attached hydrogens (tertiary/aromatic N) is 1. The van der Waals surface area contributed by atoms with Crippen LogP contribution in [0.5, 0.6) is 0 Å². The summed E-state index contributed by atoms with van der Waals surface area (Å²) >= 11 is 0. The number of hydrogen-bond acceptors (Lipinski definition) is 6. The number of nitrogens with one attached hydrogen (secondary N) is 1. The molecule has 2 rings (SSSR count). The van der Waals surface area contributed by atoms with Crippen molar-refractivity contribution in [1.29, 1.82) is 0 Å². The molecular weight excluding hydrogens is 270 g/mol. The van der Waals surface area contributed by atoms with Crippen LogP contribution in [-0.4, -0.2) is 36.8 Å². The van der Waals surface area contributed by atoms with Crippen molar-refractivity contribution in [3.63, 3.8) is 0 Å². The fraction of sp³-hybridized carbons (Fsp3) is 0.600. The first-order chi connectivity index (χ1) is 10.2. The van der Waals surface area contributed by atoms with Gasteiger partial charge >= 0.3 is 5.97 Å². The highest BCUT2D eigenvalue weighted by molar-refractivity contribution is 5.97. The van der Waals surface area contributed by atoms with Crippen LogP contribution in [0.3, 0.4) is 0 Å². The molecule has 0 amide bonds. The largest absolute Gasteiger partial charge is 0.462 e. The molecule has 0 saturated heterocycles. The van der Waals surface area contributed by atoms with Crippen LogP contribution in [0.15, 0.2) is 12.3 Å². The van der Waals surface area contributed by atoms with Crippen molar-refractivity contribution in [2.24, 2.45) is 0 Å². The minimum atomic E-state index is -0.428. The molecule has 0 unspecified atom stereocenters. The summed E-state index contributed by atoms with van der Waals surface area (Å²) < 4.78 is 10.7. The van der Waals surface area contributed by atoms with Crippen molar-refractivity contribution in [1.82, 2.24) is 4.98 Å². The molecule has 0 atom stereocenters. The molecule has 0 bridgehead atoms. The molecule has 0 radical (unpaired) electrons. The van der Waals surface area contributed by atoms with Gasteiger partial charge in [-0.1, -0.05) is 12.8 Å². The predicted molar refractivity (Wildman–Crippen MR) is 81.3 cm³/mol. The average Bonchev–Trinajstić information content (AvgIpc) is 2.98. The Balaban J connectivity index is 1.84. The summed E-state index contributed by atoms with van der Waals surface area (Å²) in [5, 5.41) is 3.11. The normalized spacial score (nSPS) is 15.1. The van der Waals surface area contributed by atoms with Crippen LogP contribution in [0, 0.1) is 0 Å². The van der Waals surface area contributed by atoms with Gasteiger partial charge in [0.25, 0.3) is 0 Å². The summed E-state index contributed by atoms with van der Waals surface area (Å²) in [6.07, 6.45) is 6.76. The van der Waals surface area contributed by atoms with Gasteiger partial charge in [-0.2, -0.15) is 0 Å². The molecule has 1 aliphatic rings. The lowest BCUT2D eigenvalue weighted by Gasteiger charge is -2.13. The van der Waals surface area contributed by atoms with E-state index in [0.717, 1.165) is 12.8 Å². The van der Waals surface area contributed by atoms with Crippen molar-refractivity contribution in [3.8, 4) is 0 Å². The Morgan fingerprint density at radius 1 is 1.48 bits per heavy atom. The van der Waals surface area contributed by atoms with E-state index in [1.165, 1.54) is 12.8 Å². The molecule has 0 spiro atoms. The highest BCUT2D eigenvalue weighted by atomic mass is 16.5. The molecule has 0 aromatic carbocycles. The monoisotopic (exact) mass is 293 g/mol. The summed E-state index contributed by atoms with van der Waals surface area (Å²) in [4.78, 5) is 15.9. The summed E-state index contributed by atoms with van der Waals surface area (Å²) in [7, 11) is 0. The third-order valence-electron chi connectivity index (χ3n) is 3.54. The van der Waals surface area contributed by atoms with E-state index in [0.29, 0.717) is 42.9 Å². The van der Waals surface area contributed by atoms with E-state index < -0.39 is 5.97 Å². The Hall–Kier alpha value is -1.82. The van der Waals surface area contributed by atoms with Gasteiger partial charge in [0.15, 0.2) is 0 Å². The summed E-state index contributed by atoms with van der Waals surface area (Å²) in [5.41, 5.74) is 6.61. The SMILES string of the molecule is CCOC(=O)c1ccnc(NCCOC2CCCC2)c1N. The van der Waals surface area contributed by atoms with E-state index in [1.54, 1.807) is 19.2 Å². The Morgan fingerprint density at radius 2 is 2.24 bits per heavy atom. The van der Waals surface area contributed by atoms with Gasteiger partial charge in [-0.3, -0.25) is 0 Å². The molecular formula is C15H23N3O3. The van der Waals surface area contributed by atoms with E-state index in [9.17, 15) is 4.79 Å². The van der Waals surface area contributed by atoms with Crippen LogP contribution < -0.4 is 11.1 Å². The fourth-order valence-corrected chi connectivity index (χ4v) is 2.45. The molecule has 1 saturated carbocycles. The Bertz CT molecular complexity index is 473. The van der Waals surface area contributed by atoms with E-state index in [2.05, 4.69) is 10.3 Å². The minimum Gasteiger partial charge on any atom is -0.462 e. The lowest BCUT2D eigenvalue weighted by atomic mass is 10.2. The number of anilines is 2. The maximum atomic E-state index is 11.7. The van der Waals surface area contributed by atoms with Crippen molar-refractivity contribution < 1.29 is 14.3 Å². The van der Waals surface area contributed by atoms with Crippen molar-refractivity contribution in [2.45, 2.75) is 38.7 Å². The van der Waals surface area contributed by atoms with E-state index in [-0.39, 0.29) is 0 Å². The molecule has 1 aromatic rings. The van der Waals surface area contributed by atoms with Gasteiger partial charge in [0.1, 0.15) is 5.82 Å². The number of carbonyl (C=O) groups is 1. The number of ether oxygens (including phenoxy) is 2. The van der Waals surface area contributed by atoms with Gasteiger partial charge in [-0.15, -0.1) is 0 Å². The van der Waals surface area contributed by atoms with Gasteiger partial charge in [0.05, 0.1) is 30.6 Å². The second-order valence-corrected chi connectivity index (χ2v) is 5.05. The van der Waals surface area contributed by atoms with Crippen LogP contribution in [0.25, 0.3) is 0 Å². The van der Waals surface area contributed by atoms with Gasteiger partial charge in [-0.05, 0) is 25.8 Å². The first kappa shape index (κ1) is 15.6. The molecule has 21 heavy (non-hydrogen) atoms. The number of nitrogens with two attached hydrogens (primary N) is 1. The molecule has 116 valence electrons. The summed E-state index contributed by atoms with van der Waals surface area (Å²) in [6, 6.07) is 1.56. The maximum absolute atomic E-state index is 11.7. The summed E-state index contributed by atoms with van der Waals surface area (Å²) in [5.74, 6) is 0.0678. The second-order valence-electron chi connectivity index (χ2n) is 5.05. The molecule has 1 heterocycles. The quantitative estimate of drug-likeness (QED) is 0.592. The summed E-state index contributed by atoms with van der Waals surface area (Å²) in [6.45, 7) is 3.29. The average molecular weight is 293 g/mol. The van der Waals surface area contributed by atoms with Crippen LogP contribution in [-0.2, 0) is 9.47 Å². The van der Waals surface area contributed by atoms with E-state index >= 15 is 0 Å². The van der Waals surface area contributed by atoms with Crippen LogP contribution in [0.1, 0.15) is 43.0 Å². The Labute approximate surface area is 125 Å². The zero-order valence-corrected chi connectivity index (χ0v) is 12.4. The minimum absolute atomic E-state index is 0.316. The highest BCUT2D eigenvalue weighted by Gasteiger charge is 2.16. The molecule has 0 aliphatic heterocycles. The predicted octanol–water partition coefficient (Wildman–Crippen LogP) is 2.21. The van der Waals surface area contributed by atoms with E-state index in [1.807, 2.05) is 0 Å². The van der Waals surface area contributed by atoms with Gasteiger partial charge < -0.3 is 20.5 Å². The van der Waals surface area contributed by atoms with Gasteiger partial charge in [-0.25, -0.2) is 9.78 Å². The van der Waals surface area contributed by atoms with Crippen molar-refractivity contribution in [2.75, 3.05) is 30.8 Å². The van der Waals surface area contributed by atoms with Crippen LogP contribution >= 0.6 is 0 Å². The zero-order valence-electron chi connectivity index (χ0n) is 12.4. The Kier molecular flexibility index (Phi) is 5.80. The smallest absolute Gasteiger partial charge is 0.340 e. The van der Waals surface area contributed by atoms with Gasteiger partial charge in [0, 0.05) is 12.7 Å². The van der Waals surface area contributed by atoms with Crippen LogP contribution in [0.2, 0.25) is 0 Å². The standard InChI is InChI=1S/C15H23N3O3/c1-2-20-15(19)12-7-8-17-14(13(12)16)18-9-10-21-11-5-3-4-6-11/h7-8,11H,2-6,9-10,16H2,1H3,(H,17,18). The number of rotatable bonds is 7. The maximum Gasteiger partial charge on any atom is 0.340 e. The van der Waals surface area contributed by atoms with Gasteiger partial charge in [0.2, 0.25) is 0 Å². The zero-order chi connectivity index (χ0) is 15.1. The van der Waals surface area contributed by atoms with Crippen LogP contribution in [0.4, 0.5) is 11.5 Å². The number of esters is 1. The molecule has 6 heteroatoms. The number of nitrogen functional groups attached to an aromatic ring is 1. The first-order valence-corrected chi connectivity index (χ1v) is 7.49. The third kappa shape index (κ3) is 4.32. The van der Waals surface area contributed by atoms with Crippen molar-refractivity contribution >= 4 is 17.5 Å². The second kappa shape index (κ2) is 7.83. The fourth-order valence-electron chi connectivity index (χ4n) is 2.45. The lowest BCUT2D eigenvalue weighted by molar-refractivity contribution is 0.0527. The molecule has 1 fully saturated rings. The molecule has 1 aliphatic carbocycles.